The Morgan fingerprint density at radius 2 is 1.54 bits per heavy atom. The van der Waals surface area contributed by atoms with E-state index in [1.165, 1.54) is 25.9 Å². The summed E-state index contributed by atoms with van der Waals surface area (Å²) >= 11 is 0. The Labute approximate surface area is 149 Å². The second kappa shape index (κ2) is 7.65. The van der Waals surface area contributed by atoms with E-state index in [0.29, 0.717) is 0 Å². The molecule has 0 aromatic heterocycles. The first-order valence-corrected chi connectivity index (χ1v) is 7.80. The Morgan fingerprint density at radius 3 is 1.92 bits per heavy atom. The second-order valence-electron chi connectivity index (χ2n) is 5.82. The molecule has 0 fully saturated rings. The van der Waals surface area contributed by atoms with Crippen molar-refractivity contribution >= 4 is 11.9 Å². The van der Waals surface area contributed by atoms with Crippen LogP contribution in [0.4, 0.5) is 8.78 Å². The predicted octanol–water partition coefficient (Wildman–Crippen LogP) is 2.73. The van der Waals surface area contributed by atoms with Crippen molar-refractivity contribution in [2.24, 2.45) is 0 Å². The van der Waals surface area contributed by atoms with Gasteiger partial charge in [0.05, 0.1) is 23.7 Å². The number of nitrogens with zero attached hydrogens (tertiary/aromatic N) is 1. The largest absolute Gasteiger partial charge is 0.478 e. The summed E-state index contributed by atoms with van der Waals surface area (Å²) < 4.78 is 33.7. The van der Waals surface area contributed by atoms with Crippen LogP contribution in [0.2, 0.25) is 0 Å². The maximum atomic E-state index is 14.4. The SMILES string of the molecule is COCCN1C(C)=C(C(=O)O)C(c2c(F)cccc2F)C(C(=O)O)=C1C. The van der Waals surface area contributed by atoms with Gasteiger partial charge < -0.3 is 19.8 Å². The molecule has 0 radical (unpaired) electrons. The number of rotatable bonds is 6. The molecule has 0 spiro atoms. The van der Waals surface area contributed by atoms with Gasteiger partial charge >= 0.3 is 11.9 Å². The van der Waals surface area contributed by atoms with Gasteiger partial charge in [-0.05, 0) is 26.0 Å². The fraction of sp³-hybridized carbons (Fsp3) is 0.333. The van der Waals surface area contributed by atoms with Crippen molar-refractivity contribution in [1.82, 2.24) is 4.90 Å². The summed E-state index contributed by atoms with van der Waals surface area (Å²) in [4.78, 5) is 25.3. The van der Waals surface area contributed by atoms with Crippen molar-refractivity contribution in [3.8, 4) is 0 Å². The molecule has 0 atom stereocenters. The molecule has 0 saturated heterocycles. The summed E-state index contributed by atoms with van der Waals surface area (Å²) in [5.41, 5.74) is -0.928. The van der Waals surface area contributed by atoms with Crippen molar-refractivity contribution in [2.45, 2.75) is 19.8 Å². The average molecular weight is 367 g/mol. The zero-order valence-electron chi connectivity index (χ0n) is 14.5. The highest BCUT2D eigenvalue weighted by atomic mass is 19.1. The van der Waals surface area contributed by atoms with Gasteiger partial charge in [0.25, 0.3) is 0 Å². The molecule has 1 aromatic carbocycles. The minimum absolute atomic E-state index is 0.203. The summed E-state index contributed by atoms with van der Waals surface area (Å²) in [5.74, 6) is -6.45. The number of carbonyl (C=O) groups is 2. The number of methoxy groups -OCH3 is 1. The van der Waals surface area contributed by atoms with Crippen LogP contribution in [0.15, 0.2) is 40.7 Å². The normalized spacial score (nSPS) is 15.7. The fourth-order valence-electron chi connectivity index (χ4n) is 3.25. The van der Waals surface area contributed by atoms with Gasteiger partial charge in [-0.25, -0.2) is 18.4 Å². The number of halogens is 2. The van der Waals surface area contributed by atoms with Gasteiger partial charge in [0.1, 0.15) is 11.6 Å². The van der Waals surface area contributed by atoms with Gasteiger partial charge in [-0.1, -0.05) is 6.07 Å². The van der Waals surface area contributed by atoms with Crippen molar-refractivity contribution < 1.29 is 33.3 Å². The molecule has 0 amide bonds. The summed E-state index contributed by atoms with van der Waals surface area (Å²) in [5, 5.41) is 19.3. The van der Waals surface area contributed by atoms with Crippen molar-refractivity contribution in [3.63, 3.8) is 0 Å². The van der Waals surface area contributed by atoms with Crippen LogP contribution >= 0.6 is 0 Å². The Hall–Kier alpha value is -2.74. The van der Waals surface area contributed by atoms with E-state index in [9.17, 15) is 28.6 Å². The van der Waals surface area contributed by atoms with Gasteiger partial charge in [0.2, 0.25) is 0 Å². The van der Waals surface area contributed by atoms with Gasteiger partial charge in [-0.3, -0.25) is 0 Å². The first-order chi connectivity index (χ1) is 12.2. The van der Waals surface area contributed by atoms with Gasteiger partial charge in [-0.15, -0.1) is 0 Å². The molecule has 0 aliphatic carbocycles. The molecule has 0 bridgehead atoms. The predicted molar refractivity (Wildman–Crippen MR) is 88.4 cm³/mol. The smallest absolute Gasteiger partial charge is 0.334 e. The van der Waals surface area contributed by atoms with Crippen molar-refractivity contribution in [3.05, 3.63) is 57.9 Å². The lowest BCUT2D eigenvalue weighted by atomic mass is 9.79. The third-order valence-electron chi connectivity index (χ3n) is 4.43. The Kier molecular flexibility index (Phi) is 5.76. The van der Waals surface area contributed by atoms with Crippen LogP contribution in [0, 0.1) is 11.6 Å². The molecule has 1 heterocycles. The van der Waals surface area contributed by atoms with E-state index in [2.05, 4.69) is 0 Å². The fourth-order valence-corrected chi connectivity index (χ4v) is 3.25. The van der Waals surface area contributed by atoms with Gasteiger partial charge in [0, 0.05) is 30.6 Å². The second-order valence-corrected chi connectivity index (χ2v) is 5.82. The molecule has 1 aliphatic heterocycles. The van der Waals surface area contributed by atoms with E-state index in [4.69, 9.17) is 4.74 Å². The van der Waals surface area contributed by atoms with Crippen LogP contribution in [-0.4, -0.2) is 47.3 Å². The Bertz CT molecular complexity index is 758. The van der Waals surface area contributed by atoms with Crippen LogP contribution in [-0.2, 0) is 14.3 Å². The third kappa shape index (κ3) is 3.32. The highest BCUT2D eigenvalue weighted by molar-refractivity contribution is 5.98. The zero-order valence-corrected chi connectivity index (χ0v) is 14.5. The topological polar surface area (TPSA) is 87.1 Å². The molecule has 6 nitrogen and oxygen atoms in total. The highest BCUT2D eigenvalue weighted by Crippen LogP contribution is 2.43. The van der Waals surface area contributed by atoms with Crippen molar-refractivity contribution in [1.29, 1.82) is 0 Å². The molecular weight excluding hydrogens is 348 g/mol. The number of carboxylic acid groups (broad SMARTS) is 2. The molecule has 26 heavy (non-hydrogen) atoms. The number of ether oxygens (including phenoxy) is 1. The summed E-state index contributed by atoms with van der Waals surface area (Å²) in [7, 11) is 1.45. The molecule has 1 aliphatic rings. The maximum Gasteiger partial charge on any atom is 0.334 e. The lowest BCUT2D eigenvalue weighted by Crippen LogP contribution is -2.36. The number of hydrogen-bond acceptors (Lipinski definition) is 4. The summed E-state index contributed by atoms with van der Waals surface area (Å²) in [6.07, 6.45) is 0. The van der Waals surface area contributed by atoms with E-state index in [1.54, 1.807) is 0 Å². The van der Waals surface area contributed by atoms with Crippen molar-refractivity contribution in [2.75, 3.05) is 20.3 Å². The quantitative estimate of drug-likeness (QED) is 0.804. The van der Waals surface area contributed by atoms with Crippen LogP contribution in [0.5, 0.6) is 0 Å². The summed E-state index contributed by atoms with van der Waals surface area (Å²) in [6.45, 7) is 3.38. The number of hydrogen-bond donors (Lipinski definition) is 2. The van der Waals surface area contributed by atoms with E-state index in [-0.39, 0.29) is 35.7 Å². The van der Waals surface area contributed by atoms with Crippen LogP contribution in [0.1, 0.15) is 25.3 Å². The molecule has 140 valence electrons. The van der Waals surface area contributed by atoms with Gasteiger partial charge in [0.15, 0.2) is 0 Å². The van der Waals surface area contributed by atoms with E-state index >= 15 is 0 Å². The molecule has 2 N–H and O–H groups in total. The molecule has 8 heteroatoms. The van der Waals surface area contributed by atoms with Crippen LogP contribution in [0.3, 0.4) is 0 Å². The third-order valence-corrected chi connectivity index (χ3v) is 4.43. The summed E-state index contributed by atoms with van der Waals surface area (Å²) in [6, 6.07) is 3.08. The molecular formula is C18H19F2NO5. The Morgan fingerprint density at radius 1 is 1.08 bits per heavy atom. The lowest BCUT2D eigenvalue weighted by molar-refractivity contribution is -0.133. The van der Waals surface area contributed by atoms with E-state index < -0.39 is 35.1 Å². The zero-order chi connectivity index (χ0) is 19.6. The van der Waals surface area contributed by atoms with Crippen LogP contribution in [0.25, 0.3) is 0 Å². The first-order valence-electron chi connectivity index (χ1n) is 7.80. The van der Waals surface area contributed by atoms with Crippen LogP contribution < -0.4 is 0 Å². The lowest BCUT2D eigenvalue weighted by Gasteiger charge is -2.37. The number of allylic oxidation sites excluding steroid dienone is 2. The molecule has 0 saturated carbocycles. The monoisotopic (exact) mass is 367 g/mol. The van der Waals surface area contributed by atoms with Gasteiger partial charge in [-0.2, -0.15) is 0 Å². The number of aliphatic carboxylic acids is 2. The van der Waals surface area contributed by atoms with E-state index in [1.807, 2.05) is 0 Å². The van der Waals surface area contributed by atoms with E-state index in [0.717, 1.165) is 18.2 Å². The molecule has 0 unspecified atom stereocenters. The standard InChI is InChI=1S/C18H19F2NO5/c1-9-13(17(22)23)16(15-11(19)5-4-6-12(15)20)14(18(24)25)10(2)21(9)7-8-26-3/h4-6,16H,7-8H2,1-3H3,(H,22,23)(H,24,25). The minimum atomic E-state index is -1.56. The molecule has 1 aromatic rings. The minimum Gasteiger partial charge on any atom is -0.478 e. The highest BCUT2D eigenvalue weighted by Gasteiger charge is 2.41. The number of benzene rings is 1. The number of carboxylic acids is 2. The maximum absolute atomic E-state index is 14.4. The molecule has 2 rings (SSSR count). The first kappa shape index (κ1) is 19.6. The average Bonchev–Trinajstić information content (AvgIpc) is 2.53. The Balaban J connectivity index is 2.80.